The fraction of sp³-hybridized carbons (Fsp3) is 0. The predicted molar refractivity (Wildman–Crippen MR) is 80.3 cm³/mol. The molecular formula is C15H10BrFN2O. The van der Waals surface area contributed by atoms with Crippen LogP contribution in [0.3, 0.4) is 0 Å². The van der Waals surface area contributed by atoms with Crippen LogP contribution >= 0.6 is 15.9 Å². The standard InChI is InChI=1S/C15H10BrFN2O/c16-9-5-10(17)7-11(6-9)20-15-2-1-14(18)12-3-4-19-8-13(12)15/h1-8H,18H2. The van der Waals surface area contributed by atoms with Gasteiger partial charge in [0, 0.05) is 39.4 Å². The maximum Gasteiger partial charge on any atom is 0.136 e. The van der Waals surface area contributed by atoms with Crippen molar-refractivity contribution in [2.24, 2.45) is 0 Å². The van der Waals surface area contributed by atoms with E-state index in [1.165, 1.54) is 12.1 Å². The van der Waals surface area contributed by atoms with Gasteiger partial charge in [-0.1, -0.05) is 15.9 Å². The van der Waals surface area contributed by atoms with Crippen LogP contribution in [0, 0.1) is 5.82 Å². The first-order valence-electron chi connectivity index (χ1n) is 5.89. The summed E-state index contributed by atoms with van der Waals surface area (Å²) < 4.78 is 19.7. The number of pyridine rings is 1. The van der Waals surface area contributed by atoms with Crippen LogP contribution in [0.5, 0.6) is 11.5 Å². The van der Waals surface area contributed by atoms with E-state index in [2.05, 4.69) is 20.9 Å². The Morgan fingerprint density at radius 3 is 2.75 bits per heavy atom. The van der Waals surface area contributed by atoms with Gasteiger partial charge in [-0.05, 0) is 30.3 Å². The van der Waals surface area contributed by atoms with Crippen LogP contribution in [0.25, 0.3) is 10.8 Å². The van der Waals surface area contributed by atoms with Gasteiger partial charge in [-0.25, -0.2) is 4.39 Å². The number of anilines is 1. The van der Waals surface area contributed by atoms with E-state index >= 15 is 0 Å². The number of nitrogens with two attached hydrogens (primary N) is 1. The van der Waals surface area contributed by atoms with Gasteiger partial charge in [-0.2, -0.15) is 0 Å². The third-order valence-electron chi connectivity index (χ3n) is 2.88. The van der Waals surface area contributed by atoms with Crippen LogP contribution in [0.1, 0.15) is 0 Å². The van der Waals surface area contributed by atoms with Crippen LogP contribution < -0.4 is 10.5 Å². The van der Waals surface area contributed by atoms with Gasteiger partial charge in [0.05, 0.1) is 0 Å². The quantitative estimate of drug-likeness (QED) is 0.702. The lowest BCUT2D eigenvalue weighted by Crippen LogP contribution is -1.92. The highest BCUT2D eigenvalue weighted by Crippen LogP contribution is 2.33. The normalized spacial score (nSPS) is 10.7. The number of nitrogens with zero attached hydrogens (tertiary/aromatic N) is 1. The minimum absolute atomic E-state index is 0.368. The molecule has 3 aromatic rings. The van der Waals surface area contributed by atoms with E-state index in [9.17, 15) is 4.39 Å². The third kappa shape index (κ3) is 2.44. The molecule has 1 heterocycles. The van der Waals surface area contributed by atoms with Gasteiger partial charge in [0.2, 0.25) is 0 Å². The molecule has 0 saturated heterocycles. The molecular weight excluding hydrogens is 323 g/mol. The zero-order chi connectivity index (χ0) is 14.1. The van der Waals surface area contributed by atoms with Crippen molar-refractivity contribution in [3.8, 4) is 11.5 Å². The van der Waals surface area contributed by atoms with Crippen LogP contribution in [-0.4, -0.2) is 4.98 Å². The Bertz CT molecular complexity index is 772. The van der Waals surface area contributed by atoms with E-state index in [-0.39, 0.29) is 5.82 Å². The first-order chi connectivity index (χ1) is 9.63. The Balaban J connectivity index is 2.09. The fourth-order valence-electron chi connectivity index (χ4n) is 1.99. The lowest BCUT2D eigenvalue weighted by molar-refractivity contribution is 0.481. The zero-order valence-electron chi connectivity index (χ0n) is 10.3. The minimum Gasteiger partial charge on any atom is -0.457 e. The molecule has 0 bridgehead atoms. The van der Waals surface area contributed by atoms with E-state index < -0.39 is 0 Å². The van der Waals surface area contributed by atoms with E-state index in [0.29, 0.717) is 21.7 Å². The van der Waals surface area contributed by atoms with E-state index in [1.807, 2.05) is 6.07 Å². The van der Waals surface area contributed by atoms with Gasteiger partial charge >= 0.3 is 0 Å². The largest absolute Gasteiger partial charge is 0.457 e. The van der Waals surface area contributed by atoms with Gasteiger partial charge in [0.15, 0.2) is 0 Å². The lowest BCUT2D eigenvalue weighted by atomic mass is 10.1. The van der Waals surface area contributed by atoms with Crippen molar-refractivity contribution in [3.63, 3.8) is 0 Å². The SMILES string of the molecule is Nc1ccc(Oc2cc(F)cc(Br)c2)c2cnccc12. The number of hydrogen-bond donors (Lipinski definition) is 1. The molecule has 0 unspecified atom stereocenters. The number of fused-ring (bicyclic) bond motifs is 1. The predicted octanol–water partition coefficient (Wildman–Crippen LogP) is 4.51. The topological polar surface area (TPSA) is 48.1 Å². The molecule has 0 spiro atoms. The highest BCUT2D eigenvalue weighted by atomic mass is 79.9. The van der Waals surface area contributed by atoms with Crippen molar-refractivity contribution in [2.75, 3.05) is 5.73 Å². The van der Waals surface area contributed by atoms with E-state index in [1.54, 1.807) is 30.6 Å². The number of rotatable bonds is 2. The summed E-state index contributed by atoms with van der Waals surface area (Å²) in [5.41, 5.74) is 6.56. The summed E-state index contributed by atoms with van der Waals surface area (Å²) in [5, 5.41) is 1.64. The van der Waals surface area contributed by atoms with Crippen LogP contribution in [0.4, 0.5) is 10.1 Å². The second-order valence-corrected chi connectivity index (χ2v) is 5.20. The first kappa shape index (κ1) is 12.9. The van der Waals surface area contributed by atoms with E-state index in [0.717, 1.165) is 10.8 Å². The number of hydrogen-bond acceptors (Lipinski definition) is 3. The fourth-order valence-corrected chi connectivity index (χ4v) is 2.44. The maximum absolute atomic E-state index is 13.4. The Hall–Kier alpha value is -2.14. The molecule has 100 valence electrons. The van der Waals surface area contributed by atoms with Gasteiger partial charge < -0.3 is 10.5 Å². The summed E-state index contributed by atoms with van der Waals surface area (Å²) >= 11 is 3.24. The number of halogens is 2. The average molecular weight is 333 g/mol. The van der Waals surface area contributed by atoms with Crippen molar-refractivity contribution in [2.45, 2.75) is 0 Å². The molecule has 0 amide bonds. The maximum atomic E-state index is 13.4. The lowest BCUT2D eigenvalue weighted by Gasteiger charge is -2.10. The highest BCUT2D eigenvalue weighted by molar-refractivity contribution is 9.10. The molecule has 0 fully saturated rings. The van der Waals surface area contributed by atoms with Crippen LogP contribution in [-0.2, 0) is 0 Å². The van der Waals surface area contributed by atoms with Crippen LogP contribution in [0.15, 0.2) is 53.3 Å². The Morgan fingerprint density at radius 2 is 1.95 bits per heavy atom. The summed E-state index contributed by atoms with van der Waals surface area (Å²) in [7, 11) is 0. The Morgan fingerprint density at radius 1 is 1.10 bits per heavy atom. The van der Waals surface area contributed by atoms with Crippen LogP contribution in [0.2, 0.25) is 0 Å². The molecule has 0 aliphatic carbocycles. The summed E-state index contributed by atoms with van der Waals surface area (Å²) in [6.07, 6.45) is 3.34. The molecule has 3 nitrogen and oxygen atoms in total. The van der Waals surface area contributed by atoms with E-state index in [4.69, 9.17) is 10.5 Å². The second-order valence-electron chi connectivity index (χ2n) is 4.28. The molecule has 0 aliphatic rings. The minimum atomic E-state index is -0.368. The molecule has 2 aromatic carbocycles. The molecule has 2 N–H and O–H groups in total. The van der Waals surface area contributed by atoms with Crippen molar-refractivity contribution in [1.29, 1.82) is 0 Å². The molecule has 0 aliphatic heterocycles. The molecule has 0 saturated carbocycles. The molecule has 0 radical (unpaired) electrons. The Kier molecular flexibility index (Phi) is 3.28. The first-order valence-corrected chi connectivity index (χ1v) is 6.69. The van der Waals surface area contributed by atoms with Crippen molar-refractivity contribution >= 4 is 32.4 Å². The summed E-state index contributed by atoms with van der Waals surface area (Å²) in [6, 6.07) is 9.71. The highest BCUT2D eigenvalue weighted by Gasteiger charge is 2.07. The number of ether oxygens (including phenoxy) is 1. The number of benzene rings is 2. The third-order valence-corrected chi connectivity index (χ3v) is 3.33. The van der Waals surface area contributed by atoms with Gasteiger partial charge in [0.25, 0.3) is 0 Å². The summed E-state index contributed by atoms with van der Waals surface area (Å²) in [6.45, 7) is 0. The summed E-state index contributed by atoms with van der Waals surface area (Å²) in [5.74, 6) is 0.624. The van der Waals surface area contributed by atoms with Crippen molar-refractivity contribution < 1.29 is 9.13 Å². The second kappa shape index (κ2) is 5.09. The number of nitrogen functional groups attached to an aromatic ring is 1. The molecule has 20 heavy (non-hydrogen) atoms. The smallest absolute Gasteiger partial charge is 0.136 e. The Labute approximate surface area is 123 Å². The number of aromatic nitrogens is 1. The van der Waals surface area contributed by atoms with Crippen molar-refractivity contribution in [3.05, 3.63) is 59.1 Å². The molecule has 1 aromatic heterocycles. The molecule has 0 atom stereocenters. The van der Waals surface area contributed by atoms with Crippen molar-refractivity contribution in [1.82, 2.24) is 4.98 Å². The molecule has 3 rings (SSSR count). The van der Waals surface area contributed by atoms with Gasteiger partial charge in [-0.3, -0.25) is 4.98 Å². The average Bonchev–Trinajstić information content (AvgIpc) is 2.41. The summed E-state index contributed by atoms with van der Waals surface area (Å²) in [4.78, 5) is 4.07. The van der Waals surface area contributed by atoms with Gasteiger partial charge in [-0.15, -0.1) is 0 Å². The molecule has 5 heteroatoms. The van der Waals surface area contributed by atoms with Gasteiger partial charge in [0.1, 0.15) is 17.3 Å². The zero-order valence-corrected chi connectivity index (χ0v) is 11.9. The monoisotopic (exact) mass is 332 g/mol.